The summed E-state index contributed by atoms with van der Waals surface area (Å²) in [6.07, 6.45) is 2.50. The number of amides is 2. The van der Waals surface area contributed by atoms with Gasteiger partial charge in [-0.3, -0.25) is 9.59 Å². The van der Waals surface area contributed by atoms with E-state index in [2.05, 4.69) is 11.4 Å². The van der Waals surface area contributed by atoms with E-state index in [4.69, 9.17) is 21.1 Å². The van der Waals surface area contributed by atoms with Crippen LogP contribution in [0.3, 0.4) is 0 Å². The normalized spacial score (nSPS) is 16.4. The first-order chi connectivity index (χ1) is 14.6. The molecule has 1 N–H and O–H groups in total. The Bertz CT molecular complexity index is 895. The number of piperidine rings is 1. The first kappa shape index (κ1) is 21.0. The molecule has 0 aliphatic carbocycles. The van der Waals surface area contributed by atoms with Crippen LogP contribution >= 0.6 is 22.9 Å². The lowest BCUT2D eigenvalue weighted by Gasteiger charge is -2.31. The molecule has 1 fully saturated rings. The van der Waals surface area contributed by atoms with E-state index in [1.54, 1.807) is 17.4 Å². The van der Waals surface area contributed by atoms with Crippen molar-refractivity contribution in [3.63, 3.8) is 0 Å². The number of hydrogen-bond donors (Lipinski definition) is 1. The van der Waals surface area contributed by atoms with E-state index in [9.17, 15) is 9.59 Å². The van der Waals surface area contributed by atoms with Gasteiger partial charge in [0.05, 0.1) is 11.4 Å². The Balaban J connectivity index is 1.24. The van der Waals surface area contributed by atoms with Crippen LogP contribution in [0.5, 0.6) is 11.5 Å². The summed E-state index contributed by atoms with van der Waals surface area (Å²) in [4.78, 5) is 28.3. The lowest BCUT2D eigenvalue weighted by Crippen LogP contribution is -2.43. The molecule has 6 nitrogen and oxygen atoms in total. The summed E-state index contributed by atoms with van der Waals surface area (Å²) >= 11 is 7.98. The lowest BCUT2D eigenvalue weighted by molar-refractivity contribution is -0.135. The largest absolute Gasteiger partial charge is 0.486 e. The minimum atomic E-state index is -0.0267. The number of thiophene rings is 1. The van der Waals surface area contributed by atoms with E-state index in [0.717, 1.165) is 12.0 Å². The summed E-state index contributed by atoms with van der Waals surface area (Å²) in [6, 6.07) is 7.69. The van der Waals surface area contributed by atoms with E-state index in [0.29, 0.717) is 62.2 Å². The average molecular weight is 449 g/mol. The van der Waals surface area contributed by atoms with E-state index in [1.807, 2.05) is 22.4 Å². The van der Waals surface area contributed by atoms with Crippen molar-refractivity contribution in [3.8, 4) is 11.5 Å². The van der Waals surface area contributed by atoms with Crippen molar-refractivity contribution in [2.45, 2.75) is 25.7 Å². The van der Waals surface area contributed by atoms with Crippen molar-refractivity contribution in [1.29, 1.82) is 0 Å². The molecule has 0 saturated carbocycles. The Morgan fingerprint density at radius 2 is 2.00 bits per heavy atom. The molecule has 2 aliphatic rings. The van der Waals surface area contributed by atoms with Gasteiger partial charge < -0.3 is 19.7 Å². The van der Waals surface area contributed by atoms with Crippen LogP contribution in [0.1, 0.15) is 23.3 Å². The summed E-state index contributed by atoms with van der Waals surface area (Å²) in [6.45, 7) is 2.80. The molecular weight excluding hydrogens is 424 g/mol. The third-order valence-electron chi connectivity index (χ3n) is 5.48. The molecule has 4 rings (SSSR count). The van der Waals surface area contributed by atoms with Crippen molar-refractivity contribution in [2.24, 2.45) is 5.92 Å². The van der Waals surface area contributed by atoms with Crippen LogP contribution in [0.25, 0.3) is 0 Å². The van der Waals surface area contributed by atoms with Crippen LogP contribution in [-0.4, -0.2) is 49.6 Å². The highest BCUT2D eigenvalue weighted by Gasteiger charge is 2.27. The van der Waals surface area contributed by atoms with Crippen LogP contribution in [0.2, 0.25) is 5.02 Å². The number of carbonyl (C=O) groups excluding carboxylic acids is 2. The predicted octanol–water partition coefficient (Wildman–Crippen LogP) is 3.31. The standard InChI is InChI=1S/C22H25ClN2O4S/c23-18-12-15(13-19-21(18)29-10-9-28-19)14-20(26)25-7-4-16(5-8-25)22(27)24-6-3-17-2-1-11-30-17/h1-2,11-13,16H,3-10,14H2,(H,24,27). The highest BCUT2D eigenvalue weighted by molar-refractivity contribution is 7.09. The van der Waals surface area contributed by atoms with E-state index in [-0.39, 0.29) is 24.2 Å². The van der Waals surface area contributed by atoms with Crippen LogP contribution in [0, 0.1) is 5.92 Å². The molecule has 8 heteroatoms. The highest BCUT2D eigenvalue weighted by Crippen LogP contribution is 2.38. The number of fused-ring (bicyclic) bond motifs is 1. The van der Waals surface area contributed by atoms with Crippen LogP contribution in [-0.2, 0) is 22.4 Å². The lowest BCUT2D eigenvalue weighted by atomic mass is 9.95. The summed E-state index contributed by atoms with van der Waals surface area (Å²) in [5.74, 6) is 1.25. The van der Waals surface area contributed by atoms with Gasteiger partial charge in [0.25, 0.3) is 0 Å². The second-order valence-corrected chi connectivity index (χ2v) is 8.99. The van der Waals surface area contributed by atoms with E-state index < -0.39 is 0 Å². The number of nitrogens with one attached hydrogen (secondary N) is 1. The summed E-state index contributed by atoms with van der Waals surface area (Å²) in [5, 5.41) is 5.54. The fourth-order valence-electron chi connectivity index (χ4n) is 3.85. The van der Waals surface area contributed by atoms with Gasteiger partial charge in [0.2, 0.25) is 11.8 Å². The number of hydrogen-bond acceptors (Lipinski definition) is 5. The van der Waals surface area contributed by atoms with Gasteiger partial charge in [0.15, 0.2) is 11.5 Å². The Morgan fingerprint density at radius 1 is 1.20 bits per heavy atom. The molecule has 0 unspecified atom stereocenters. The molecule has 160 valence electrons. The van der Waals surface area contributed by atoms with Crippen LogP contribution < -0.4 is 14.8 Å². The van der Waals surface area contributed by atoms with Gasteiger partial charge >= 0.3 is 0 Å². The fraction of sp³-hybridized carbons (Fsp3) is 0.455. The number of likely N-dealkylation sites (tertiary alicyclic amines) is 1. The molecule has 30 heavy (non-hydrogen) atoms. The zero-order valence-corrected chi connectivity index (χ0v) is 18.3. The summed E-state index contributed by atoms with van der Waals surface area (Å²) in [5.41, 5.74) is 0.808. The van der Waals surface area contributed by atoms with Crippen molar-refractivity contribution in [1.82, 2.24) is 10.2 Å². The maximum atomic E-state index is 12.7. The quantitative estimate of drug-likeness (QED) is 0.736. The number of nitrogens with zero attached hydrogens (tertiary/aromatic N) is 1. The van der Waals surface area contributed by atoms with Crippen LogP contribution in [0.15, 0.2) is 29.6 Å². The molecule has 2 amide bonds. The number of ether oxygens (including phenoxy) is 2. The first-order valence-corrected chi connectivity index (χ1v) is 11.5. The van der Waals surface area contributed by atoms with Crippen molar-refractivity contribution in [2.75, 3.05) is 32.8 Å². The van der Waals surface area contributed by atoms with Gasteiger partial charge in [0.1, 0.15) is 13.2 Å². The molecular formula is C22H25ClN2O4S. The van der Waals surface area contributed by atoms with Crippen LogP contribution in [0.4, 0.5) is 0 Å². The second-order valence-electron chi connectivity index (χ2n) is 7.55. The van der Waals surface area contributed by atoms with E-state index >= 15 is 0 Å². The van der Waals surface area contributed by atoms with Crippen molar-refractivity contribution < 1.29 is 19.1 Å². The number of halogens is 1. The topological polar surface area (TPSA) is 67.9 Å². The van der Waals surface area contributed by atoms with Gasteiger partial charge in [0, 0.05) is 30.4 Å². The van der Waals surface area contributed by atoms with Gasteiger partial charge in [-0.05, 0) is 48.4 Å². The highest BCUT2D eigenvalue weighted by atomic mass is 35.5. The smallest absolute Gasteiger partial charge is 0.226 e. The zero-order chi connectivity index (χ0) is 20.9. The summed E-state index contributed by atoms with van der Waals surface area (Å²) in [7, 11) is 0. The third-order valence-corrected chi connectivity index (χ3v) is 6.70. The minimum Gasteiger partial charge on any atom is -0.486 e. The molecule has 0 radical (unpaired) electrons. The number of carbonyl (C=O) groups is 2. The van der Waals surface area contributed by atoms with Gasteiger partial charge in [-0.1, -0.05) is 17.7 Å². The first-order valence-electron chi connectivity index (χ1n) is 10.3. The summed E-state index contributed by atoms with van der Waals surface area (Å²) < 4.78 is 11.1. The molecule has 1 saturated heterocycles. The molecule has 3 heterocycles. The minimum absolute atomic E-state index is 0.0267. The zero-order valence-electron chi connectivity index (χ0n) is 16.7. The number of rotatable bonds is 6. The monoisotopic (exact) mass is 448 g/mol. The Morgan fingerprint density at radius 3 is 2.77 bits per heavy atom. The predicted molar refractivity (Wildman–Crippen MR) is 116 cm³/mol. The fourth-order valence-corrected chi connectivity index (χ4v) is 4.85. The van der Waals surface area contributed by atoms with Gasteiger partial charge in [-0.2, -0.15) is 0 Å². The SMILES string of the molecule is O=C(NCCc1cccs1)C1CCN(C(=O)Cc2cc(Cl)c3c(c2)OCCO3)CC1. The maximum Gasteiger partial charge on any atom is 0.226 e. The van der Waals surface area contributed by atoms with Gasteiger partial charge in [-0.25, -0.2) is 0 Å². The Labute approximate surface area is 185 Å². The maximum absolute atomic E-state index is 12.7. The number of benzene rings is 1. The molecule has 2 aromatic rings. The molecule has 1 aromatic heterocycles. The van der Waals surface area contributed by atoms with E-state index in [1.165, 1.54) is 4.88 Å². The molecule has 2 aliphatic heterocycles. The van der Waals surface area contributed by atoms with Gasteiger partial charge in [-0.15, -0.1) is 11.3 Å². The Kier molecular flexibility index (Phi) is 6.79. The third kappa shape index (κ3) is 5.08. The van der Waals surface area contributed by atoms with Crippen molar-refractivity contribution in [3.05, 3.63) is 45.1 Å². The van der Waals surface area contributed by atoms with Crippen molar-refractivity contribution >= 4 is 34.8 Å². The molecule has 0 spiro atoms. The molecule has 1 aromatic carbocycles. The second kappa shape index (κ2) is 9.71. The average Bonchev–Trinajstić information content (AvgIpc) is 3.27. The Hall–Kier alpha value is -2.25. The molecule has 0 atom stereocenters. The molecule has 0 bridgehead atoms.